The van der Waals surface area contributed by atoms with E-state index in [2.05, 4.69) is 5.32 Å². The highest BCUT2D eigenvalue weighted by Gasteiger charge is 2.42. The molecule has 2 nitrogen and oxygen atoms in total. The Morgan fingerprint density at radius 3 is 2.50 bits per heavy atom. The summed E-state index contributed by atoms with van der Waals surface area (Å²) in [6.07, 6.45) is -2.71. The van der Waals surface area contributed by atoms with Gasteiger partial charge in [0.15, 0.2) is 0 Å². The van der Waals surface area contributed by atoms with E-state index in [1.54, 1.807) is 22.6 Å². The van der Waals surface area contributed by atoms with Crippen LogP contribution in [0.25, 0.3) is 0 Å². The summed E-state index contributed by atoms with van der Waals surface area (Å²) >= 11 is 1.54. The van der Waals surface area contributed by atoms with Gasteiger partial charge in [0.1, 0.15) is 0 Å². The second-order valence-corrected chi connectivity index (χ2v) is 4.50. The van der Waals surface area contributed by atoms with Crippen molar-refractivity contribution >= 4 is 26.5 Å². The molecule has 0 heterocycles. The molecule has 0 aliphatic heterocycles. The normalized spacial score (nSPS) is 28.6. The van der Waals surface area contributed by atoms with Crippen LogP contribution in [0.15, 0.2) is 0 Å². The van der Waals surface area contributed by atoms with Crippen molar-refractivity contribution in [3.05, 3.63) is 0 Å². The quantitative estimate of drug-likeness (QED) is 0.448. The lowest BCUT2D eigenvalue weighted by atomic mass is 9.85. The number of halogens is 4. The molecule has 1 aliphatic carbocycles. The minimum absolute atomic E-state index is 0.0260. The van der Waals surface area contributed by atoms with Crippen molar-refractivity contribution < 1.29 is 18.0 Å². The molecule has 1 rings (SSSR count). The second-order valence-electron chi connectivity index (χ2n) is 3.52. The van der Waals surface area contributed by atoms with Crippen molar-refractivity contribution in [3.8, 4) is 0 Å². The fourth-order valence-electron chi connectivity index (χ4n) is 1.78. The Morgan fingerprint density at radius 2 is 2.00 bits per heavy atom. The summed E-state index contributed by atoms with van der Waals surface area (Å²) in [7, 11) is 0. The summed E-state index contributed by atoms with van der Waals surface area (Å²) < 4.78 is 36.7. The van der Waals surface area contributed by atoms with E-state index in [9.17, 15) is 18.0 Å². The highest BCUT2D eigenvalue weighted by molar-refractivity contribution is 14.1. The zero-order valence-corrected chi connectivity index (χ0v) is 9.56. The standard InChI is InChI=1S/C8H11F3INO/c9-8(10,11)5-2-1-3-6(4-5)13-7(12)14/h5-6H,1-4H2,(H,13,14). The lowest BCUT2D eigenvalue weighted by molar-refractivity contribution is -0.183. The predicted molar refractivity (Wildman–Crippen MR) is 54.4 cm³/mol. The lowest BCUT2D eigenvalue weighted by Crippen LogP contribution is -2.39. The van der Waals surface area contributed by atoms with Gasteiger partial charge < -0.3 is 5.32 Å². The van der Waals surface area contributed by atoms with E-state index in [4.69, 9.17) is 0 Å². The van der Waals surface area contributed by atoms with E-state index < -0.39 is 12.1 Å². The molecule has 6 heteroatoms. The maximum atomic E-state index is 12.3. The Morgan fingerprint density at radius 1 is 1.36 bits per heavy atom. The first-order chi connectivity index (χ1) is 6.39. The fourth-order valence-corrected chi connectivity index (χ4v) is 2.22. The van der Waals surface area contributed by atoms with Crippen LogP contribution in [0.3, 0.4) is 0 Å². The Labute approximate surface area is 93.8 Å². The van der Waals surface area contributed by atoms with Gasteiger partial charge in [-0.25, -0.2) is 0 Å². The number of hydrogen-bond donors (Lipinski definition) is 1. The molecular formula is C8H11F3INO. The number of hydrogen-bond acceptors (Lipinski definition) is 1. The van der Waals surface area contributed by atoms with Crippen LogP contribution >= 0.6 is 22.6 Å². The van der Waals surface area contributed by atoms with Gasteiger partial charge >= 0.3 is 6.18 Å². The smallest absolute Gasteiger partial charge is 0.345 e. The van der Waals surface area contributed by atoms with Crippen molar-refractivity contribution in [2.45, 2.75) is 37.9 Å². The number of nitrogens with one attached hydrogen (secondary N) is 1. The van der Waals surface area contributed by atoms with Crippen molar-refractivity contribution in [2.75, 3.05) is 0 Å². The van der Waals surface area contributed by atoms with Crippen molar-refractivity contribution in [3.63, 3.8) is 0 Å². The molecule has 0 aromatic heterocycles. The zero-order valence-electron chi connectivity index (χ0n) is 7.40. The van der Waals surface area contributed by atoms with Gasteiger partial charge in [-0.1, -0.05) is 6.42 Å². The van der Waals surface area contributed by atoms with Crippen molar-refractivity contribution in [1.29, 1.82) is 0 Å². The first kappa shape index (κ1) is 12.1. The van der Waals surface area contributed by atoms with E-state index in [0.29, 0.717) is 12.8 Å². The SMILES string of the molecule is O=C(I)NC1CCCC(C(F)(F)F)C1. The number of carbonyl (C=O) groups excluding carboxylic acids is 1. The number of rotatable bonds is 1. The molecule has 0 spiro atoms. The van der Waals surface area contributed by atoms with Gasteiger partial charge in [-0.3, -0.25) is 4.79 Å². The summed E-state index contributed by atoms with van der Waals surface area (Å²) in [5.41, 5.74) is 0. The molecule has 0 radical (unpaired) electrons. The molecule has 82 valence electrons. The van der Waals surface area contributed by atoms with E-state index in [1.807, 2.05) is 0 Å². The van der Waals surface area contributed by atoms with Crippen LogP contribution in [-0.2, 0) is 0 Å². The van der Waals surface area contributed by atoms with E-state index in [1.165, 1.54) is 0 Å². The third-order valence-electron chi connectivity index (χ3n) is 2.45. The van der Waals surface area contributed by atoms with Gasteiger partial charge in [0.2, 0.25) is 0 Å². The van der Waals surface area contributed by atoms with E-state index >= 15 is 0 Å². The molecule has 1 aliphatic rings. The van der Waals surface area contributed by atoms with Crippen LogP contribution in [0, 0.1) is 5.92 Å². The van der Waals surface area contributed by atoms with Crippen LogP contribution in [0.4, 0.5) is 18.0 Å². The van der Waals surface area contributed by atoms with Crippen molar-refractivity contribution in [1.82, 2.24) is 5.32 Å². The Bertz CT molecular complexity index is 219. The first-order valence-corrected chi connectivity index (χ1v) is 5.50. The minimum atomic E-state index is -4.12. The Hall–Kier alpha value is -0.0100. The van der Waals surface area contributed by atoms with Crippen molar-refractivity contribution in [2.24, 2.45) is 5.92 Å². The molecule has 0 saturated heterocycles. The maximum absolute atomic E-state index is 12.3. The Balaban J connectivity index is 2.48. The second kappa shape index (κ2) is 4.67. The van der Waals surface area contributed by atoms with Crippen LogP contribution in [0.5, 0.6) is 0 Å². The monoisotopic (exact) mass is 321 g/mol. The molecule has 2 atom stereocenters. The largest absolute Gasteiger partial charge is 0.391 e. The molecule has 1 N–H and O–H groups in total. The summed E-state index contributed by atoms with van der Waals surface area (Å²) in [5, 5.41) is 2.53. The van der Waals surface area contributed by atoms with Gasteiger partial charge in [0, 0.05) is 28.6 Å². The Kier molecular flexibility index (Phi) is 4.03. The fraction of sp³-hybridized carbons (Fsp3) is 0.875. The maximum Gasteiger partial charge on any atom is 0.391 e. The van der Waals surface area contributed by atoms with Crippen LogP contribution in [0.2, 0.25) is 0 Å². The number of alkyl halides is 3. The first-order valence-electron chi connectivity index (χ1n) is 4.42. The summed E-state index contributed by atoms with van der Waals surface area (Å²) in [6.45, 7) is 0. The molecule has 0 bridgehead atoms. The molecule has 0 aromatic carbocycles. The molecular weight excluding hydrogens is 310 g/mol. The highest BCUT2D eigenvalue weighted by atomic mass is 127. The predicted octanol–water partition coefficient (Wildman–Crippen LogP) is 3.25. The van der Waals surface area contributed by atoms with Gasteiger partial charge in [-0.05, 0) is 19.3 Å². The summed E-state index contributed by atoms with van der Waals surface area (Å²) in [5.74, 6) is -1.25. The zero-order chi connectivity index (χ0) is 10.8. The number of carbonyl (C=O) groups is 1. The third kappa shape index (κ3) is 3.62. The molecule has 1 amide bonds. The third-order valence-corrected chi connectivity index (χ3v) is 2.77. The lowest BCUT2D eigenvalue weighted by Gasteiger charge is -2.30. The van der Waals surface area contributed by atoms with Gasteiger partial charge in [0.05, 0.1) is 5.92 Å². The molecule has 1 saturated carbocycles. The van der Waals surface area contributed by atoms with Crippen LogP contribution in [-0.4, -0.2) is 16.1 Å². The topological polar surface area (TPSA) is 29.1 Å². The highest BCUT2D eigenvalue weighted by Crippen LogP contribution is 2.37. The minimum Gasteiger partial charge on any atom is -0.345 e. The molecule has 14 heavy (non-hydrogen) atoms. The average molecular weight is 321 g/mol. The summed E-state index contributed by atoms with van der Waals surface area (Å²) in [4.78, 5) is 10.7. The summed E-state index contributed by atoms with van der Waals surface area (Å²) in [6, 6.07) is -0.306. The van der Waals surface area contributed by atoms with Crippen LogP contribution in [0.1, 0.15) is 25.7 Å². The van der Waals surface area contributed by atoms with E-state index in [-0.39, 0.29) is 22.8 Å². The van der Waals surface area contributed by atoms with Gasteiger partial charge in [-0.15, -0.1) is 0 Å². The van der Waals surface area contributed by atoms with E-state index in [0.717, 1.165) is 0 Å². The molecule has 1 fully saturated rings. The number of amides is 1. The average Bonchev–Trinajstić information content (AvgIpc) is 2.01. The van der Waals surface area contributed by atoms with Gasteiger partial charge in [0.25, 0.3) is 3.91 Å². The van der Waals surface area contributed by atoms with Crippen LogP contribution < -0.4 is 5.32 Å². The molecule has 0 aromatic rings. The van der Waals surface area contributed by atoms with Gasteiger partial charge in [-0.2, -0.15) is 13.2 Å². The molecule has 2 unspecified atom stereocenters.